The quantitative estimate of drug-likeness (QED) is 0.638. The molecule has 0 aliphatic rings. The predicted octanol–water partition coefficient (Wildman–Crippen LogP) is 1.67. The van der Waals surface area contributed by atoms with E-state index in [2.05, 4.69) is 25.2 Å². The first-order valence-corrected chi connectivity index (χ1v) is 8.12. The first kappa shape index (κ1) is 17.1. The van der Waals surface area contributed by atoms with Crippen LogP contribution in [0, 0.1) is 5.82 Å². The third-order valence-electron chi connectivity index (χ3n) is 3.86. The van der Waals surface area contributed by atoms with Gasteiger partial charge in [0, 0.05) is 12.1 Å². The van der Waals surface area contributed by atoms with Crippen molar-refractivity contribution in [2.24, 2.45) is 0 Å². The molecule has 0 aliphatic heterocycles. The van der Waals surface area contributed by atoms with Gasteiger partial charge in [0.15, 0.2) is 5.65 Å². The molecular formula is C17H21FN6O. The van der Waals surface area contributed by atoms with E-state index in [-0.39, 0.29) is 18.1 Å². The number of hydrogen-bond acceptors (Lipinski definition) is 5. The van der Waals surface area contributed by atoms with Gasteiger partial charge in [0.05, 0.1) is 12.7 Å². The monoisotopic (exact) mass is 344 g/mol. The summed E-state index contributed by atoms with van der Waals surface area (Å²) in [5.74, 6) is 0.104. The predicted molar refractivity (Wildman–Crippen MR) is 95.3 cm³/mol. The largest absolute Gasteiger partial charge is 0.354 e. The lowest BCUT2D eigenvalue weighted by atomic mass is 10.2. The van der Waals surface area contributed by atoms with Crippen molar-refractivity contribution < 1.29 is 4.39 Å². The molecule has 0 fully saturated rings. The Hall–Kier alpha value is -2.74. The molecule has 0 atom stereocenters. The minimum absolute atomic E-state index is 0.114. The number of imidazole rings is 1. The van der Waals surface area contributed by atoms with Crippen molar-refractivity contribution in [1.29, 1.82) is 0 Å². The maximum atomic E-state index is 13.9. The second-order valence-electron chi connectivity index (χ2n) is 6.12. The van der Waals surface area contributed by atoms with Crippen LogP contribution >= 0.6 is 0 Å². The molecule has 8 heteroatoms. The van der Waals surface area contributed by atoms with Crippen molar-refractivity contribution >= 4 is 17.1 Å². The smallest absolute Gasteiger partial charge is 0.328 e. The number of nitrogens with zero attached hydrogens (tertiary/aromatic N) is 4. The third-order valence-corrected chi connectivity index (χ3v) is 3.86. The van der Waals surface area contributed by atoms with Crippen molar-refractivity contribution in [2.45, 2.75) is 13.0 Å². The second kappa shape index (κ2) is 7.43. The van der Waals surface area contributed by atoms with Crippen LogP contribution in [0.15, 0.2) is 35.3 Å². The van der Waals surface area contributed by atoms with Gasteiger partial charge in [-0.25, -0.2) is 14.2 Å². The molecule has 0 bridgehead atoms. The molecule has 25 heavy (non-hydrogen) atoms. The molecule has 0 aliphatic carbocycles. The number of aromatic nitrogens is 4. The van der Waals surface area contributed by atoms with E-state index in [4.69, 9.17) is 0 Å². The normalized spacial score (nSPS) is 11.4. The van der Waals surface area contributed by atoms with Gasteiger partial charge in [-0.15, -0.1) is 0 Å². The van der Waals surface area contributed by atoms with Gasteiger partial charge in [0.2, 0.25) is 5.95 Å². The van der Waals surface area contributed by atoms with Crippen molar-refractivity contribution in [3.63, 3.8) is 0 Å². The van der Waals surface area contributed by atoms with Gasteiger partial charge in [-0.1, -0.05) is 18.2 Å². The maximum Gasteiger partial charge on any atom is 0.328 e. The lowest BCUT2D eigenvalue weighted by Crippen LogP contribution is -2.19. The number of halogens is 1. The molecule has 2 N–H and O–H groups in total. The van der Waals surface area contributed by atoms with Crippen LogP contribution in [0.3, 0.4) is 0 Å². The summed E-state index contributed by atoms with van der Waals surface area (Å²) in [5.41, 5.74) is 1.08. The van der Waals surface area contributed by atoms with Crippen LogP contribution in [0.25, 0.3) is 11.2 Å². The summed E-state index contributed by atoms with van der Waals surface area (Å²) in [4.78, 5) is 25.6. The summed E-state index contributed by atoms with van der Waals surface area (Å²) in [6.45, 7) is 1.80. The molecule has 2 heterocycles. The number of fused-ring (bicyclic) bond motifs is 1. The van der Waals surface area contributed by atoms with Gasteiger partial charge in [-0.3, -0.25) is 4.57 Å². The first-order chi connectivity index (χ1) is 12.0. The van der Waals surface area contributed by atoms with Gasteiger partial charge in [0.25, 0.3) is 0 Å². The van der Waals surface area contributed by atoms with Crippen LogP contribution < -0.4 is 11.0 Å². The summed E-state index contributed by atoms with van der Waals surface area (Å²) in [6.07, 6.45) is 2.51. The van der Waals surface area contributed by atoms with E-state index in [1.165, 1.54) is 10.6 Å². The van der Waals surface area contributed by atoms with Gasteiger partial charge >= 0.3 is 5.69 Å². The molecule has 0 radical (unpaired) electrons. The Kier molecular flexibility index (Phi) is 5.08. The molecule has 0 amide bonds. The minimum atomic E-state index is -0.347. The Balaban J connectivity index is 1.83. The highest BCUT2D eigenvalue weighted by Gasteiger charge is 2.12. The van der Waals surface area contributed by atoms with E-state index in [0.717, 1.165) is 19.5 Å². The van der Waals surface area contributed by atoms with Crippen LogP contribution in [0.5, 0.6) is 0 Å². The summed E-state index contributed by atoms with van der Waals surface area (Å²) in [5, 5.41) is 3.15. The zero-order valence-corrected chi connectivity index (χ0v) is 14.3. The van der Waals surface area contributed by atoms with Crippen LogP contribution in [-0.2, 0) is 6.54 Å². The second-order valence-corrected chi connectivity index (χ2v) is 6.12. The molecule has 1 aromatic carbocycles. The minimum Gasteiger partial charge on any atom is -0.354 e. The standard InChI is InChI=1S/C17H21FN6O/c1-23(2)9-5-8-19-16-20-10-14-15(22-16)24(17(25)21-14)11-12-6-3-4-7-13(12)18/h3-4,6-7,10H,5,8-9,11H2,1-2H3,(H,21,25)(H,19,20,22). The van der Waals surface area contributed by atoms with Crippen molar-refractivity contribution in [1.82, 2.24) is 24.4 Å². The van der Waals surface area contributed by atoms with Gasteiger partial charge < -0.3 is 15.2 Å². The molecule has 3 rings (SSSR count). The zero-order valence-electron chi connectivity index (χ0n) is 14.3. The highest BCUT2D eigenvalue weighted by Crippen LogP contribution is 2.13. The van der Waals surface area contributed by atoms with E-state index in [1.807, 2.05) is 14.1 Å². The number of benzene rings is 1. The summed E-state index contributed by atoms with van der Waals surface area (Å²) < 4.78 is 15.3. The molecule has 7 nitrogen and oxygen atoms in total. The highest BCUT2D eigenvalue weighted by molar-refractivity contribution is 5.71. The molecule has 0 unspecified atom stereocenters. The van der Waals surface area contributed by atoms with Crippen molar-refractivity contribution in [3.8, 4) is 0 Å². The Morgan fingerprint density at radius 3 is 2.88 bits per heavy atom. The molecule has 3 aromatic rings. The molecule has 0 saturated carbocycles. The zero-order chi connectivity index (χ0) is 17.8. The Morgan fingerprint density at radius 1 is 1.32 bits per heavy atom. The van der Waals surface area contributed by atoms with E-state index in [0.29, 0.717) is 22.7 Å². The summed E-state index contributed by atoms with van der Waals surface area (Å²) in [6, 6.07) is 6.39. The van der Waals surface area contributed by atoms with Crippen LogP contribution in [0.4, 0.5) is 10.3 Å². The summed E-state index contributed by atoms with van der Waals surface area (Å²) >= 11 is 0. The third kappa shape index (κ3) is 4.03. The fourth-order valence-corrected chi connectivity index (χ4v) is 2.57. The molecule has 0 spiro atoms. The fourth-order valence-electron chi connectivity index (χ4n) is 2.57. The van der Waals surface area contributed by atoms with Gasteiger partial charge in [-0.2, -0.15) is 4.98 Å². The number of anilines is 1. The lowest BCUT2D eigenvalue weighted by molar-refractivity contribution is 0.405. The first-order valence-electron chi connectivity index (χ1n) is 8.12. The van der Waals surface area contributed by atoms with E-state index in [1.54, 1.807) is 24.4 Å². The van der Waals surface area contributed by atoms with Crippen LogP contribution in [-0.4, -0.2) is 51.6 Å². The average molecular weight is 344 g/mol. The Bertz CT molecular complexity index is 917. The molecule has 0 saturated heterocycles. The number of aromatic amines is 1. The highest BCUT2D eigenvalue weighted by atomic mass is 19.1. The lowest BCUT2D eigenvalue weighted by Gasteiger charge is -2.10. The Morgan fingerprint density at radius 2 is 2.12 bits per heavy atom. The Labute approximate surface area is 144 Å². The van der Waals surface area contributed by atoms with Gasteiger partial charge in [0.1, 0.15) is 11.3 Å². The summed E-state index contributed by atoms with van der Waals surface area (Å²) in [7, 11) is 4.04. The number of nitrogens with one attached hydrogen (secondary N) is 2. The molecule has 2 aromatic heterocycles. The molecule has 132 valence electrons. The number of hydrogen-bond donors (Lipinski definition) is 2. The van der Waals surface area contributed by atoms with E-state index < -0.39 is 0 Å². The number of rotatable bonds is 7. The molecular weight excluding hydrogens is 323 g/mol. The van der Waals surface area contributed by atoms with E-state index >= 15 is 0 Å². The van der Waals surface area contributed by atoms with E-state index in [9.17, 15) is 9.18 Å². The van der Waals surface area contributed by atoms with Crippen molar-refractivity contribution in [2.75, 3.05) is 32.5 Å². The van der Waals surface area contributed by atoms with Crippen LogP contribution in [0.2, 0.25) is 0 Å². The van der Waals surface area contributed by atoms with Crippen LogP contribution in [0.1, 0.15) is 12.0 Å². The fraction of sp³-hybridized carbons (Fsp3) is 0.353. The topological polar surface area (TPSA) is 78.8 Å². The number of H-pyrrole nitrogens is 1. The SMILES string of the molecule is CN(C)CCCNc1ncc2[nH]c(=O)n(Cc3ccccc3F)c2n1. The average Bonchev–Trinajstić information content (AvgIpc) is 2.89. The van der Waals surface area contributed by atoms with Crippen molar-refractivity contribution in [3.05, 3.63) is 52.3 Å². The van der Waals surface area contributed by atoms with Gasteiger partial charge in [-0.05, 0) is 33.1 Å². The maximum absolute atomic E-state index is 13.9.